The predicted octanol–water partition coefficient (Wildman–Crippen LogP) is 7.06. The van der Waals surface area contributed by atoms with Crippen LogP contribution in [0.4, 0.5) is 11.5 Å². The molecule has 0 aliphatic carbocycles. The fraction of sp³-hybridized carbons (Fsp3) is 0.0968. The largest absolute Gasteiger partial charge is 0.349 e. The highest BCUT2D eigenvalue weighted by molar-refractivity contribution is 7.20. The maximum atomic E-state index is 12.6. The molecule has 0 atom stereocenters. The smallest absolute Gasteiger partial charge is 0.261 e. The Kier molecular flexibility index (Phi) is 5.78. The molecule has 9 heteroatoms. The number of aromatic nitrogens is 5. The van der Waals surface area contributed by atoms with Crippen molar-refractivity contribution in [3.63, 3.8) is 0 Å². The van der Waals surface area contributed by atoms with Gasteiger partial charge in [-0.25, -0.2) is 9.97 Å². The summed E-state index contributed by atoms with van der Waals surface area (Å²) in [5.41, 5.74) is 4.57. The van der Waals surface area contributed by atoms with Gasteiger partial charge in [0.2, 0.25) is 0 Å². The Balaban J connectivity index is 1.36. The lowest BCUT2D eigenvalue weighted by Crippen LogP contribution is -2.29. The molecule has 1 amide bonds. The van der Waals surface area contributed by atoms with Crippen LogP contribution in [0, 0.1) is 0 Å². The van der Waals surface area contributed by atoms with E-state index in [1.54, 1.807) is 6.20 Å². The van der Waals surface area contributed by atoms with Gasteiger partial charge in [0.1, 0.15) is 5.82 Å². The number of rotatable bonds is 6. The topological polar surface area (TPSA) is 101 Å². The van der Waals surface area contributed by atoms with Crippen molar-refractivity contribution in [2.75, 3.05) is 5.32 Å². The first-order valence-corrected chi connectivity index (χ1v) is 13.8. The Hall–Kier alpha value is -5.02. The Morgan fingerprint density at radius 3 is 2.67 bits per heavy atom. The number of para-hydroxylation sites is 1. The maximum Gasteiger partial charge on any atom is 0.261 e. The number of hydrogen-bond donors (Lipinski definition) is 3. The Morgan fingerprint density at radius 2 is 1.82 bits per heavy atom. The number of H-pyrrole nitrogens is 1. The summed E-state index contributed by atoms with van der Waals surface area (Å²) in [5.74, 6) is 1.25. The standard InChI is InChI=1S/C31H25N7OS/c1-18(2)33-31(39)27-15-19-8-9-20(16-26(19)40-27)28-35-29(34-22-10-11-25-21(14-22)17-32-37-25)24-12-13-38(30(24)36-28)23-6-4-3-5-7-23/h3-18H,1-2H3,(H,32,37)(H,33,39)(H,34,35,36). The molecule has 0 spiro atoms. The predicted molar refractivity (Wildman–Crippen MR) is 162 cm³/mol. The van der Waals surface area contributed by atoms with E-state index < -0.39 is 0 Å². The molecule has 4 aromatic heterocycles. The zero-order valence-electron chi connectivity index (χ0n) is 21.8. The Labute approximate surface area is 233 Å². The quantitative estimate of drug-likeness (QED) is 0.208. The monoisotopic (exact) mass is 543 g/mol. The Morgan fingerprint density at radius 1 is 0.950 bits per heavy atom. The van der Waals surface area contributed by atoms with Crippen molar-refractivity contribution < 1.29 is 4.79 Å². The van der Waals surface area contributed by atoms with Gasteiger partial charge < -0.3 is 15.2 Å². The van der Waals surface area contributed by atoms with E-state index in [1.165, 1.54) is 11.3 Å². The highest BCUT2D eigenvalue weighted by Crippen LogP contribution is 2.33. The molecule has 3 N–H and O–H groups in total. The third-order valence-corrected chi connectivity index (χ3v) is 7.80. The number of carbonyl (C=O) groups excluding carboxylic acids is 1. The average molecular weight is 544 g/mol. The summed E-state index contributed by atoms with van der Waals surface area (Å²) in [6.07, 6.45) is 3.82. The van der Waals surface area contributed by atoms with Crippen LogP contribution in [0.5, 0.6) is 0 Å². The molecule has 0 bridgehead atoms. The molecule has 3 aromatic carbocycles. The molecule has 8 nitrogen and oxygen atoms in total. The fourth-order valence-corrected chi connectivity index (χ4v) is 5.81. The van der Waals surface area contributed by atoms with Crippen molar-refractivity contribution in [2.45, 2.75) is 19.9 Å². The first kappa shape index (κ1) is 24.1. The van der Waals surface area contributed by atoms with Crippen LogP contribution in [0.15, 0.2) is 91.3 Å². The van der Waals surface area contributed by atoms with Gasteiger partial charge in [-0.1, -0.05) is 30.3 Å². The maximum absolute atomic E-state index is 12.6. The molecule has 0 unspecified atom stereocenters. The van der Waals surface area contributed by atoms with Crippen molar-refractivity contribution >= 4 is 60.8 Å². The molecule has 0 aliphatic heterocycles. The molecule has 7 aromatic rings. The zero-order chi connectivity index (χ0) is 27.2. The van der Waals surface area contributed by atoms with E-state index in [1.807, 2.05) is 80.7 Å². The first-order chi connectivity index (χ1) is 19.5. The molecule has 0 aliphatic rings. The molecule has 40 heavy (non-hydrogen) atoms. The molecule has 0 radical (unpaired) electrons. The van der Waals surface area contributed by atoms with Crippen LogP contribution < -0.4 is 10.6 Å². The molecule has 7 rings (SSSR count). The second-order valence-corrected chi connectivity index (χ2v) is 11.0. The normalized spacial score (nSPS) is 11.6. The molecular formula is C31H25N7OS. The van der Waals surface area contributed by atoms with Gasteiger partial charge in [0, 0.05) is 39.3 Å². The number of amides is 1. The molecule has 0 saturated heterocycles. The van der Waals surface area contributed by atoms with Gasteiger partial charge in [0.25, 0.3) is 5.91 Å². The molecule has 0 saturated carbocycles. The lowest BCUT2D eigenvalue weighted by Gasteiger charge is -2.11. The van der Waals surface area contributed by atoms with Crippen LogP contribution in [0.2, 0.25) is 0 Å². The SMILES string of the molecule is CC(C)NC(=O)c1cc2ccc(-c3nc(Nc4ccc5[nH]ncc5c4)c4ccn(-c5ccccc5)c4n3)cc2s1. The van der Waals surface area contributed by atoms with Gasteiger partial charge in [-0.15, -0.1) is 11.3 Å². The fourth-order valence-electron chi connectivity index (χ4n) is 4.81. The molecule has 196 valence electrons. The van der Waals surface area contributed by atoms with Crippen LogP contribution in [-0.4, -0.2) is 36.7 Å². The summed E-state index contributed by atoms with van der Waals surface area (Å²) < 4.78 is 3.08. The lowest BCUT2D eigenvalue weighted by molar-refractivity contribution is 0.0947. The lowest BCUT2D eigenvalue weighted by atomic mass is 10.1. The van der Waals surface area contributed by atoms with E-state index in [-0.39, 0.29) is 11.9 Å². The minimum absolute atomic E-state index is 0.0582. The second-order valence-electron chi connectivity index (χ2n) is 9.94. The highest BCUT2D eigenvalue weighted by atomic mass is 32.1. The van der Waals surface area contributed by atoms with Crippen molar-refractivity contribution in [1.82, 2.24) is 30.0 Å². The van der Waals surface area contributed by atoms with Crippen molar-refractivity contribution in [3.8, 4) is 17.1 Å². The van der Waals surface area contributed by atoms with E-state index in [9.17, 15) is 4.79 Å². The number of nitrogens with one attached hydrogen (secondary N) is 3. The number of fused-ring (bicyclic) bond motifs is 3. The van der Waals surface area contributed by atoms with Gasteiger partial charge >= 0.3 is 0 Å². The summed E-state index contributed by atoms with van der Waals surface area (Å²) in [4.78, 5) is 23.3. The van der Waals surface area contributed by atoms with E-state index in [0.717, 1.165) is 49.0 Å². The number of benzene rings is 3. The van der Waals surface area contributed by atoms with Gasteiger partial charge in [0.15, 0.2) is 11.5 Å². The number of carbonyl (C=O) groups is 1. The molecule has 0 fully saturated rings. The van der Waals surface area contributed by atoms with Gasteiger partial charge in [-0.3, -0.25) is 9.89 Å². The summed E-state index contributed by atoms with van der Waals surface area (Å²) in [6.45, 7) is 3.92. The first-order valence-electron chi connectivity index (χ1n) is 13.0. The van der Waals surface area contributed by atoms with Gasteiger partial charge in [-0.2, -0.15) is 5.10 Å². The van der Waals surface area contributed by atoms with E-state index in [2.05, 4.69) is 43.6 Å². The van der Waals surface area contributed by atoms with Crippen LogP contribution in [0.3, 0.4) is 0 Å². The Bertz CT molecular complexity index is 2020. The number of hydrogen-bond acceptors (Lipinski definition) is 6. The van der Waals surface area contributed by atoms with Crippen LogP contribution in [-0.2, 0) is 0 Å². The third-order valence-electron chi connectivity index (χ3n) is 6.70. The number of nitrogens with zero attached hydrogens (tertiary/aromatic N) is 4. The summed E-state index contributed by atoms with van der Waals surface area (Å²) in [6, 6.07) is 26.3. The third kappa shape index (κ3) is 4.36. The summed E-state index contributed by atoms with van der Waals surface area (Å²) in [7, 11) is 0. The van der Waals surface area contributed by atoms with E-state index in [0.29, 0.717) is 16.5 Å². The minimum atomic E-state index is -0.0582. The van der Waals surface area contributed by atoms with Crippen LogP contribution >= 0.6 is 11.3 Å². The number of thiophene rings is 1. The number of anilines is 2. The van der Waals surface area contributed by atoms with Crippen molar-refractivity contribution in [1.29, 1.82) is 0 Å². The van der Waals surface area contributed by atoms with Crippen molar-refractivity contribution in [3.05, 3.63) is 96.1 Å². The summed E-state index contributed by atoms with van der Waals surface area (Å²) >= 11 is 1.47. The molecular weight excluding hydrogens is 518 g/mol. The van der Waals surface area contributed by atoms with Crippen LogP contribution in [0.25, 0.3) is 49.1 Å². The summed E-state index contributed by atoms with van der Waals surface area (Å²) in [5, 5.41) is 16.6. The minimum Gasteiger partial charge on any atom is -0.349 e. The van der Waals surface area contributed by atoms with Gasteiger partial charge in [-0.05, 0) is 67.8 Å². The second kappa shape index (κ2) is 9.62. The highest BCUT2D eigenvalue weighted by Gasteiger charge is 2.17. The molecule has 4 heterocycles. The van der Waals surface area contributed by atoms with Crippen molar-refractivity contribution in [2.24, 2.45) is 0 Å². The zero-order valence-corrected chi connectivity index (χ0v) is 22.7. The van der Waals surface area contributed by atoms with Gasteiger partial charge in [0.05, 0.1) is 22.0 Å². The average Bonchev–Trinajstić information content (AvgIpc) is 3.70. The van der Waals surface area contributed by atoms with Crippen LogP contribution in [0.1, 0.15) is 23.5 Å². The number of aromatic amines is 1. The van der Waals surface area contributed by atoms with E-state index >= 15 is 0 Å². The van der Waals surface area contributed by atoms with E-state index in [4.69, 9.17) is 9.97 Å².